The minimum Gasteiger partial charge on any atom is -0.475 e. The lowest BCUT2D eigenvalue weighted by Gasteiger charge is -2.18. The van der Waals surface area contributed by atoms with E-state index in [1.54, 1.807) is 6.07 Å². The summed E-state index contributed by atoms with van der Waals surface area (Å²) in [5.41, 5.74) is 2.02. The Balaban J connectivity index is 0.000000454. The van der Waals surface area contributed by atoms with E-state index in [9.17, 15) is 21.6 Å². The van der Waals surface area contributed by atoms with Crippen molar-refractivity contribution >= 4 is 49.9 Å². The molecule has 0 amide bonds. The number of sulfonamides is 1. The Bertz CT molecular complexity index is 1260. The topological polar surface area (TPSA) is 125 Å². The number of rotatable bonds is 7. The maximum atomic E-state index is 12.5. The summed E-state index contributed by atoms with van der Waals surface area (Å²) in [6.45, 7) is 2.83. The SMILES string of the molecule is O=C(O)C(F)(F)F.O=S(=O)(Nc1ncns1)c1ccc(N[C@@H]2CCN(Cc3ccccc3)C2)c(Cl)c1. The van der Waals surface area contributed by atoms with Gasteiger partial charge in [-0.1, -0.05) is 41.9 Å². The van der Waals surface area contributed by atoms with Gasteiger partial charge in [-0.05, 0) is 30.2 Å². The maximum absolute atomic E-state index is 12.5. The number of aromatic nitrogens is 2. The smallest absolute Gasteiger partial charge is 0.475 e. The van der Waals surface area contributed by atoms with Crippen LogP contribution in [0.5, 0.6) is 0 Å². The number of anilines is 2. The van der Waals surface area contributed by atoms with E-state index in [1.807, 2.05) is 6.07 Å². The fourth-order valence-electron chi connectivity index (χ4n) is 3.33. The van der Waals surface area contributed by atoms with E-state index in [4.69, 9.17) is 21.5 Å². The Morgan fingerprint density at radius 2 is 1.92 bits per heavy atom. The van der Waals surface area contributed by atoms with E-state index in [2.05, 4.69) is 48.6 Å². The number of carbonyl (C=O) groups is 1. The molecule has 0 bridgehead atoms. The first-order valence-corrected chi connectivity index (χ1v) is 13.0. The Labute approximate surface area is 214 Å². The van der Waals surface area contributed by atoms with E-state index in [-0.39, 0.29) is 16.1 Å². The average Bonchev–Trinajstić information content (AvgIpc) is 3.47. The number of nitrogens with zero attached hydrogens (tertiary/aromatic N) is 3. The van der Waals surface area contributed by atoms with Gasteiger partial charge in [0, 0.05) is 37.2 Å². The fraction of sp³-hybridized carbons (Fsp3) is 0.286. The summed E-state index contributed by atoms with van der Waals surface area (Å²) in [6, 6.07) is 15.3. The molecule has 1 aliphatic heterocycles. The van der Waals surface area contributed by atoms with Crippen LogP contribution in [-0.4, -0.2) is 59.1 Å². The van der Waals surface area contributed by atoms with Crippen molar-refractivity contribution in [2.24, 2.45) is 0 Å². The summed E-state index contributed by atoms with van der Waals surface area (Å²) in [7, 11) is -3.76. The summed E-state index contributed by atoms with van der Waals surface area (Å²) >= 11 is 7.34. The molecule has 15 heteroatoms. The maximum Gasteiger partial charge on any atom is 0.490 e. The first kappa shape index (κ1) is 27.6. The zero-order valence-electron chi connectivity index (χ0n) is 18.4. The minimum atomic E-state index is -5.08. The monoisotopic (exact) mass is 563 g/mol. The van der Waals surface area contributed by atoms with Gasteiger partial charge in [-0.15, -0.1) is 0 Å². The molecule has 0 saturated carbocycles. The van der Waals surface area contributed by atoms with Crippen LogP contribution in [0.25, 0.3) is 0 Å². The van der Waals surface area contributed by atoms with Crippen molar-refractivity contribution in [3.63, 3.8) is 0 Å². The number of hydrogen-bond acceptors (Lipinski definition) is 8. The molecular weight excluding hydrogens is 543 g/mol. The van der Waals surface area contributed by atoms with Gasteiger partial charge in [0.2, 0.25) is 5.13 Å². The van der Waals surface area contributed by atoms with Gasteiger partial charge in [0.15, 0.2) is 0 Å². The number of halogens is 4. The third-order valence-electron chi connectivity index (χ3n) is 4.96. The molecule has 1 atom stereocenters. The number of benzene rings is 2. The third-order valence-corrected chi connectivity index (χ3v) is 7.32. The fourth-order valence-corrected chi connectivity index (χ4v) is 5.31. The van der Waals surface area contributed by atoms with Crippen molar-refractivity contribution in [2.75, 3.05) is 23.1 Å². The molecule has 1 saturated heterocycles. The van der Waals surface area contributed by atoms with Gasteiger partial charge in [-0.2, -0.15) is 17.5 Å². The molecule has 3 N–H and O–H groups in total. The standard InChI is InChI=1S/C19H20ClN5O2S2.C2HF3O2/c20-17-10-16(29(26,27)24-19-21-13-22-28-19)6-7-18(17)23-15-8-9-25(12-15)11-14-4-2-1-3-5-14;3-2(4,5)1(6)7/h1-7,10,13,15,23H,8-9,11-12H2,(H,21,22,24);(H,6,7)/t15-;/m1./s1. The summed E-state index contributed by atoms with van der Waals surface area (Å²) in [6.07, 6.45) is -2.78. The Kier molecular flexibility index (Phi) is 9.11. The van der Waals surface area contributed by atoms with Crippen LogP contribution < -0.4 is 10.0 Å². The summed E-state index contributed by atoms with van der Waals surface area (Å²) < 4.78 is 62.8. The number of alkyl halides is 3. The number of likely N-dealkylation sites (tertiary alicyclic amines) is 1. The van der Waals surface area contributed by atoms with E-state index >= 15 is 0 Å². The van der Waals surface area contributed by atoms with Gasteiger partial charge in [-0.25, -0.2) is 18.2 Å². The molecule has 2 heterocycles. The predicted molar refractivity (Wildman–Crippen MR) is 130 cm³/mol. The molecule has 9 nitrogen and oxygen atoms in total. The van der Waals surface area contributed by atoms with E-state index < -0.39 is 22.2 Å². The summed E-state index contributed by atoms with van der Waals surface area (Å²) in [5, 5.41) is 11.1. The second-order valence-electron chi connectivity index (χ2n) is 7.65. The van der Waals surface area contributed by atoms with Crippen molar-refractivity contribution in [3.8, 4) is 0 Å². The number of carboxylic acids is 1. The second-order valence-corrected chi connectivity index (χ2v) is 10.5. The van der Waals surface area contributed by atoms with Crippen molar-refractivity contribution < 1.29 is 31.5 Å². The highest BCUT2D eigenvalue weighted by molar-refractivity contribution is 7.93. The molecule has 4 rings (SSSR count). The van der Waals surface area contributed by atoms with Crippen LogP contribution >= 0.6 is 23.1 Å². The van der Waals surface area contributed by atoms with Crippen LogP contribution in [-0.2, 0) is 21.4 Å². The summed E-state index contributed by atoms with van der Waals surface area (Å²) in [5.74, 6) is -2.76. The molecule has 0 aliphatic carbocycles. The van der Waals surface area contributed by atoms with Crippen LogP contribution in [0.3, 0.4) is 0 Å². The van der Waals surface area contributed by atoms with Gasteiger partial charge in [0.05, 0.1) is 15.6 Å². The van der Waals surface area contributed by atoms with Crippen molar-refractivity contribution in [3.05, 3.63) is 65.4 Å². The zero-order chi connectivity index (χ0) is 26.3. The Hall–Kier alpha value is -2.94. The first-order chi connectivity index (χ1) is 16.9. The minimum absolute atomic E-state index is 0.0837. The molecule has 0 spiro atoms. The molecule has 2 aromatic carbocycles. The average molecular weight is 564 g/mol. The second kappa shape index (κ2) is 11.9. The number of aliphatic carboxylic acids is 1. The zero-order valence-corrected chi connectivity index (χ0v) is 20.8. The quantitative estimate of drug-likeness (QED) is 0.388. The van der Waals surface area contributed by atoms with Crippen LogP contribution in [0, 0.1) is 0 Å². The number of nitrogens with one attached hydrogen (secondary N) is 2. The molecule has 0 unspecified atom stereocenters. The molecule has 0 radical (unpaired) electrons. The van der Waals surface area contributed by atoms with Gasteiger partial charge in [-0.3, -0.25) is 9.62 Å². The van der Waals surface area contributed by atoms with Crippen molar-refractivity contribution in [2.45, 2.75) is 30.1 Å². The number of hydrogen-bond donors (Lipinski definition) is 3. The lowest BCUT2D eigenvalue weighted by atomic mass is 10.2. The van der Waals surface area contributed by atoms with Gasteiger partial charge < -0.3 is 10.4 Å². The largest absolute Gasteiger partial charge is 0.490 e. The van der Waals surface area contributed by atoms with Gasteiger partial charge >= 0.3 is 12.1 Å². The van der Waals surface area contributed by atoms with Gasteiger partial charge in [0.1, 0.15) is 6.33 Å². The molecular formula is C21H21ClF3N5O4S2. The lowest BCUT2D eigenvalue weighted by Crippen LogP contribution is -2.26. The van der Waals surface area contributed by atoms with Crippen LogP contribution in [0.1, 0.15) is 12.0 Å². The van der Waals surface area contributed by atoms with E-state index in [0.717, 1.165) is 43.3 Å². The van der Waals surface area contributed by atoms with Crippen LogP contribution in [0.2, 0.25) is 5.02 Å². The molecule has 1 aliphatic rings. The highest BCUT2D eigenvalue weighted by atomic mass is 35.5. The van der Waals surface area contributed by atoms with Gasteiger partial charge in [0.25, 0.3) is 10.0 Å². The van der Waals surface area contributed by atoms with E-state index in [1.165, 1.54) is 24.0 Å². The molecule has 1 aromatic heterocycles. The Morgan fingerprint density at radius 3 is 2.50 bits per heavy atom. The normalized spacial score (nSPS) is 16.2. The molecule has 1 fully saturated rings. The highest BCUT2D eigenvalue weighted by Crippen LogP contribution is 2.28. The number of carboxylic acid groups (broad SMARTS) is 1. The highest BCUT2D eigenvalue weighted by Gasteiger charge is 2.38. The first-order valence-electron chi connectivity index (χ1n) is 10.4. The van der Waals surface area contributed by atoms with Crippen LogP contribution in [0.4, 0.5) is 24.0 Å². The van der Waals surface area contributed by atoms with Crippen LogP contribution in [0.15, 0.2) is 59.8 Å². The molecule has 3 aromatic rings. The third kappa shape index (κ3) is 8.05. The Morgan fingerprint density at radius 1 is 1.22 bits per heavy atom. The van der Waals surface area contributed by atoms with Crippen molar-refractivity contribution in [1.29, 1.82) is 0 Å². The van der Waals surface area contributed by atoms with E-state index in [0.29, 0.717) is 5.02 Å². The summed E-state index contributed by atoms with van der Waals surface area (Å²) in [4.78, 5) is 15.2. The lowest BCUT2D eigenvalue weighted by molar-refractivity contribution is -0.192. The molecule has 36 heavy (non-hydrogen) atoms. The molecule has 194 valence electrons. The predicted octanol–water partition coefficient (Wildman–Crippen LogP) is 4.31. The van der Waals surface area contributed by atoms with Crippen molar-refractivity contribution in [1.82, 2.24) is 14.3 Å².